The van der Waals surface area contributed by atoms with Crippen molar-refractivity contribution >= 4 is 17.2 Å². The van der Waals surface area contributed by atoms with Crippen LogP contribution in [0, 0.1) is 5.82 Å². The summed E-state index contributed by atoms with van der Waals surface area (Å²) in [5, 5.41) is 9.32. The van der Waals surface area contributed by atoms with E-state index < -0.39 is 0 Å². The van der Waals surface area contributed by atoms with Crippen LogP contribution in [0.1, 0.15) is 25.0 Å². The molecule has 1 aliphatic heterocycles. The van der Waals surface area contributed by atoms with Gasteiger partial charge in [-0.05, 0) is 32.0 Å². The number of nitrogens with two attached hydrogens (primary N) is 1. The van der Waals surface area contributed by atoms with Crippen molar-refractivity contribution < 1.29 is 14.2 Å². The zero-order valence-electron chi connectivity index (χ0n) is 12.3. The van der Waals surface area contributed by atoms with Crippen LogP contribution in [0.3, 0.4) is 0 Å². The summed E-state index contributed by atoms with van der Waals surface area (Å²) in [7, 11) is 0. The van der Waals surface area contributed by atoms with Crippen LogP contribution in [0.2, 0.25) is 0 Å². The molecule has 0 aliphatic carbocycles. The monoisotopic (exact) mass is 312 g/mol. The fraction of sp³-hybridized carbons (Fsp3) is 0.533. The molecule has 0 aromatic heterocycles. The maximum absolute atomic E-state index is 14.0. The maximum Gasteiger partial charge on any atom is 0.127 e. The molecule has 21 heavy (non-hydrogen) atoms. The second-order valence-corrected chi connectivity index (χ2v) is 6.46. The van der Waals surface area contributed by atoms with Gasteiger partial charge in [0.15, 0.2) is 0 Å². The highest BCUT2D eigenvalue weighted by atomic mass is 32.1. The Bertz CT molecular complexity index is 536. The van der Waals surface area contributed by atoms with Gasteiger partial charge in [-0.15, -0.1) is 0 Å². The van der Waals surface area contributed by atoms with Crippen molar-refractivity contribution in [2.45, 2.75) is 32.1 Å². The highest BCUT2D eigenvalue weighted by Gasteiger charge is 2.33. The lowest BCUT2D eigenvalue weighted by atomic mass is 10.0. The van der Waals surface area contributed by atoms with Gasteiger partial charge in [0.1, 0.15) is 10.8 Å². The second kappa shape index (κ2) is 6.36. The van der Waals surface area contributed by atoms with E-state index in [4.69, 9.17) is 22.7 Å². The fourth-order valence-corrected chi connectivity index (χ4v) is 2.85. The standard InChI is InChI=1S/C15H21FN2O2S/c1-15(2)9-18(7-12(8-19)20-15)6-11-5-10(14(17)21)3-4-13(11)16/h3-5,12,19H,6-9H2,1-2H3,(H2,17,21). The summed E-state index contributed by atoms with van der Waals surface area (Å²) >= 11 is 4.93. The first-order valence-corrected chi connectivity index (χ1v) is 7.31. The Morgan fingerprint density at radius 2 is 2.29 bits per heavy atom. The quantitative estimate of drug-likeness (QED) is 0.824. The first-order valence-electron chi connectivity index (χ1n) is 6.90. The van der Waals surface area contributed by atoms with Gasteiger partial charge in [0.25, 0.3) is 0 Å². The van der Waals surface area contributed by atoms with Gasteiger partial charge in [0, 0.05) is 30.8 Å². The maximum atomic E-state index is 14.0. The van der Waals surface area contributed by atoms with Crippen LogP contribution < -0.4 is 5.73 Å². The molecule has 0 saturated carbocycles. The van der Waals surface area contributed by atoms with Crippen molar-refractivity contribution in [1.82, 2.24) is 4.90 Å². The van der Waals surface area contributed by atoms with Crippen molar-refractivity contribution in [1.29, 1.82) is 0 Å². The lowest BCUT2D eigenvalue weighted by molar-refractivity contribution is -0.150. The third kappa shape index (κ3) is 4.20. The second-order valence-electron chi connectivity index (χ2n) is 6.02. The molecule has 6 heteroatoms. The Kier molecular flexibility index (Phi) is 4.93. The van der Waals surface area contributed by atoms with Crippen LogP contribution in [-0.2, 0) is 11.3 Å². The van der Waals surface area contributed by atoms with Crippen LogP contribution in [0.5, 0.6) is 0 Å². The average Bonchev–Trinajstić information content (AvgIpc) is 2.39. The molecule has 1 saturated heterocycles. The molecule has 0 spiro atoms. The van der Waals surface area contributed by atoms with E-state index in [0.29, 0.717) is 30.8 Å². The summed E-state index contributed by atoms with van der Waals surface area (Å²) in [6, 6.07) is 4.66. The Hall–Kier alpha value is -1.08. The van der Waals surface area contributed by atoms with Crippen molar-refractivity contribution in [3.05, 3.63) is 35.1 Å². The van der Waals surface area contributed by atoms with Crippen molar-refractivity contribution in [3.8, 4) is 0 Å². The topological polar surface area (TPSA) is 58.7 Å². The van der Waals surface area contributed by atoms with E-state index in [1.165, 1.54) is 6.07 Å². The summed E-state index contributed by atoms with van der Waals surface area (Å²) in [6.45, 7) is 5.55. The van der Waals surface area contributed by atoms with E-state index in [1.807, 2.05) is 13.8 Å². The molecule has 0 amide bonds. The minimum atomic E-state index is -0.372. The van der Waals surface area contributed by atoms with E-state index in [9.17, 15) is 9.50 Å². The van der Waals surface area contributed by atoms with E-state index in [1.54, 1.807) is 12.1 Å². The van der Waals surface area contributed by atoms with Gasteiger partial charge in [0.05, 0.1) is 18.3 Å². The first kappa shape index (κ1) is 16.3. The third-order valence-corrected chi connectivity index (χ3v) is 3.72. The minimum absolute atomic E-state index is 0.0463. The molecule has 0 bridgehead atoms. The van der Waals surface area contributed by atoms with E-state index in [-0.39, 0.29) is 29.1 Å². The molecule has 3 N–H and O–H groups in total. The molecule has 0 radical (unpaired) electrons. The molecule has 4 nitrogen and oxygen atoms in total. The molecule has 1 aliphatic rings. The lowest BCUT2D eigenvalue weighted by Gasteiger charge is -2.42. The highest BCUT2D eigenvalue weighted by molar-refractivity contribution is 7.80. The molecule has 116 valence electrons. The summed E-state index contributed by atoms with van der Waals surface area (Å²) < 4.78 is 19.7. The number of nitrogens with zero attached hydrogens (tertiary/aromatic N) is 1. The zero-order chi connectivity index (χ0) is 15.6. The molecule has 1 heterocycles. The molecule has 1 aromatic carbocycles. The first-order chi connectivity index (χ1) is 9.80. The minimum Gasteiger partial charge on any atom is -0.394 e. The van der Waals surface area contributed by atoms with Crippen LogP contribution in [0.4, 0.5) is 4.39 Å². The molecule has 1 unspecified atom stereocenters. The lowest BCUT2D eigenvalue weighted by Crippen LogP contribution is -2.53. The summed E-state index contributed by atoms with van der Waals surface area (Å²) in [5.74, 6) is -0.278. The number of aliphatic hydroxyl groups excluding tert-OH is 1. The van der Waals surface area contributed by atoms with E-state index >= 15 is 0 Å². The highest BCUT2D eigenvalue weighted by Crippen LogP contribution is 2.23. The smallest absolute Gasteiger partial charge is 0.127 e. The Labute approximate surface area is 129 Å². The van der Waals surface area contributed by atoms with Crippen molar-refractivity contribution in [2.24, 2.45) is 5.73 Å². The number of halogens is 1. The number of hydrogen-bond acceptors (Lipinski definition) is 4. The molecule has 1 atom stereocenters. The SMILES string of the molecule is CC1(C)CN(Cc2cc(C(N)=S)ccc2F)CC(CO)O1. The van der Waals surface area contributed by atoms with Gasteiger partial charge in [-0.3, -0.25) is 4.90 Å². The van der Waals surface area contributed by atoms with Crippen LogP contribution in [0.25, 0.3) is 0 Å². The van der Waals surface area contributed by atoms with Gasteiger partial charge in [-0.1, -0.05) is 12.2 Å². The largest absolute Gasteiger partial charge is 0.394 e. The molecule has 2 rings (SSSR count). The number of hydrogen-bond donors (Lipinski definition) is 2. The Balaban J connectivity index is 2.17. The van der Waals surface area contributed by atoms with Crippen LogP contribution in [0.15, 0.2) is 18.2 Å². The number of aliphatic hydroxyl groups is 1. The predicted molar refractivity (Wildman–Crippen MR) is 83.6 cm³/mol. The van der Waals surface area contributed by atoms with Gasteiger partial charge >= 0.3 is 0 Å². The van der Waals surface area contributed by atoms with E-state index in [2.05, 4.69) is 4.90 Å². The summed E-state index contributed by atoms with van der Waals surface area (Å²) in [6.07, 6.45) is -0.254. The van der Waals surface area contributed by atoms with E-state index in [0.717, 1.165) is 0 Å². The third-order valence-electron chi connectivity index (χ3n) is 3.48. The number of ether oxygens (including phenoxy) is 1. The van der Waals surface area contributed by atoms with Gasteiger partial charge < -0.3 is 15.6 Å². The number of thiocarbonyl (C=S) groups is 1. The van der Waals surface area contributed by atoms with Crippen molar-refractivity contribution in [2.75, 3.05) is 19.7 Å². The Morgan fingerprint density at radius 1 is 1.57 bits per heavy atom. The fourth-order valence-electron chi connectivity index (χ4n) is 2.72. The molecule has 1 fully saturated rings. The zero-order valence-corrected chi connectivity index (χ0v) is 13.1. The molecule has 1 aromatic rings. The van der Waals surface area contributed by atoms with Crippen molar-refractivity contribution in [3.63, 3.8) is 0 Å². The normalized spacial score (nSPS) is 22.2. The predicted octanol–water partition coefficient (Wildman–Crippen LogP) is 1.43. The number of benzene rings is 1. The number of rotatable bonds is 4. The summed E-state index contributed by atoms with van der Waals surface area (Å²) in [4.78, 5) is 2.33. The number of morpholine rings is 1. The molecular weight excluding hydrogens is 291 g/mol. The van der Waals surface area contributed by atoms with Crippen LogP contribution in [-0.4, -0.2) is 46.4 Å². The van der Waals surface area contributed by atoms with Gasteiger partial charge in [-0.25, -0.2) is 4.39 Å². The average molecular weight is 312 g/mol. The molecular formula is C15H21FN2O2S. The van der Waals surface area contributed by atoms with Gasteiger partial charge in [-0.2, -0.15) is 0 Å². The summed E-state index contributed by atoms with van der Waals surface area (Å²) in [5.41, 5.74) is 6.43. The van der Waals surface area contributed by atoms with Crippen LogP contribution >= 0.6 is 12.2 Å². The Morgan fingerprint density at radius 3 is 2.90 bits per heavy atom. The van der Waals surface area contributed by atoms with Gasteiger partial charge in [0.2, 0.25) is 0 Å².